The van der Waals surface area contributed by atoms with Crippen LogP contribution in [0.3, 0.4) is 0 Å². The molecule has 1 aromatic heterocycles. The minimum absolute atomic E-state index is 0.0241. The standard InChI is InChI=1S/C14H21N3O3/c1-14(2,3)13(18)17-8-7-10(9-17)20-12-6-5-11(19-4)15-16-12/h5-6,10H,7-9H2,1-4H3/t10-/m0/s1. The van der Waals surface area contributed by atoms with Crippen molar-refractivity contribution in [1.82, 2.24) is 15.1 Å². The maximum atomic E-state index is 12.2. The molecule has 0 aromatic carbocycles. The molecule has 2 heterocycles. The van der Waals surface area contributed by atoms with Gasteiger partial charge in [-0.15, -0.1) is 10.2 Å². The van der Waals surface area contributed by atoms with Crippen LogP contribution in [0.2, 0.25) is 0 Å². The highest BCUT2D eigenvalue weighted by Crippen LogP contribution is 2.23. The Labute approximate surface area is 119 Å². The van der Waals surface area contributed by atoms with E-state index in [1.165, 1.54) is 7.11 Å². The lowest BCUT2D eigenvalue weighted by molar-refractivity contribution is -0.138. The second-order valence-corrected chi connectivity index (χ2v) is 5.94. The van der Waals surface area contributed by atoms with Crippen LogP contribution in [0, 0.1) is 5.41 Å². The van der Waals surface area contributed by atoms with Gasteiger partial charge >= 0.3 is 0 Å². The second kappa shape index (κ2) is 5.64. The topological polar surface area (TPSA) is 64.6 Å². The van der Waals surface area contributed by atoms with E-state index in [1.54, 1.807) is 12.1 Å². The summed E-state index contributed by atoms with van der Waals surface area (Å²) in [4.78, 5) is 14.0. The molecule has 110 valence electrons. The normalized spacial score (nSPS) is 19.0. The number of ether oxygens (including phenoxy) is 2. The Morgan fingerprint density at radius 2 is 1.95 bits per heavy atom. The summed E-state index contributed by atoms with van der Waals surface area (Å²) in [6.07, 6.45) is 0.791. The summed E-state index contributed by atoms with van der Waals surface area (Å²) in [7, 11) is 1.54. The number of methoxy groups -OCH3 is 1. The molecule has 1 amide bonds. The van der Waals surface area contributed by atoms with Crippen LogP contribution in [-0.2, 0) is 4.79 Å². The number of aromatic nitrogens is 2. The van der Waals surface area contributed by atoms with Crippen LogP contribution in [0.25, 0.3) is 0 Å². The van der Waals surface area contributed by atoms with E-state index >= 15 is 0 Å². The first-order valence-corrected chi connectivity index (χ1v) is 6.74. The Morgan fingerprint density at radius 3 is 2.50 bits per heavy atom. The monoisotopic (exact) mass is 279 g/mol. The van der Waals surface area contributed by atoms with Gasteiger partial charge in [0.1, 0.15) is 6.10 Å². The van der Waals surface area contributed by atoms with Gasteiger partial charge in [0.15, 0.2) is 0 Å². The highest BCUT2D eigenvalue weighted by molar-refractivity contribution is 5.81. The Bertz CT molecular complexity index is 468. The SMILES string of the molecule is COc1ccc(O[C@H]2CCN(C(=O)C(C)(C)C)C2)nn1. The molecule has 0 saturated carbocycles. The highest BCUT2D eigenvalue weighted by Gasteiger charge is 2.33. The summed E-state index contributed by atoms with van der Waals surface area (Å²) >= 11 is 0. The fraction of sp³-hybridized carbons (Fsp3) is 0.643. The zero-order chi connectivity index (χ0) is 14.8. The number of likely N-dealkylation sites (tertiary alicyclic amines) is 1. The van der Waals surface area contributed by atoms with E-state index in [0.29, 0.717) is 18.3 Å². The van der Waals surface area contributed by atoms with Crippen LogP contribution < -0.4 is 9.47 Å². The lowest BCUT2D eigenvalue weighted by atomic mass is 9.95. The van der Waals surface area contributed by atoms with Gasteiger partial charge < -0.3 is 14.4 Å². The van der Waals surface area contributed by atoms with E-state index in [4.69, 9.17) is 9.47 Å². The molecule has 0 unspecified atom stereocenters. The average molecular weight is 279 g/mol. The number of rotatable bonds is 3. The first-order chi connectivity index (χ1) is 9.40. The molecular formula is C14H21N3O3. The summed E-state index contributed by atoms with van der Waals surface area (Å²) < 4.78 is 10.7. The number of nitrogens with zero attached hydrogens (tertiary/aromatic N) is 3. The van der Waals surface area contributed by atoms with E-state index in [0.717, 1.165) is 13.0 Å². The maximum Gasteiger partial charge on any atom is 0.233 e. The minimum Gasteiger partial charge on any atom is -0.480 e. The van der Waals surface area contributed by atoms with E-state index in [1.807, 2.05) is 25.7 Å². The zero-order valence-electron chi connectivity index (χ0n) is 12.4. The number of carbonyl (C=O) groups is 1. The molecule has 1 fully saturated rings. The van der Waals surface area contributed by atoms with Gasteiger partial charge in [-0.25, -0.2) is 0 Å². The third kappa shape index (κ3) is 3.37. The van der Waals surface area contributed by atoms with Crippen molar-refractivity contribution in [3.63, 3.8) is 0 Å². The first kappa shape index (κ1) is 14.6. The van der Waals surface area contributed by atoms with Gasteiger partial charge in [-0.2, -0.15) is 0 Å². The van der Waals surface area contributed by atoms with Crippen LogP contribution in [0.15, 0.2) is 12.1 Å². The third-order valence-corrected chi connectivity index (χ3v) is 3.19. The van der Waals surface area contributed by atoms with E-state index in [9.17, 15) is 4.79 Å². The van der Waals surface area contributed by atoms with E-state index in [2.05, 4.69) is 10.2 Å². The summed E-state index contributed by atoms with van der Waals surface area (Å²) in [5, 5.41) is 7.79. The van der Waals surface area contributed by atoms with Crippen molar-refractivity contribution in [2.45, 2.75) is 33.3 Å². The Morgan fingerprint density at radius 1 is 1.30 bits per heavy atom. The lowest BCUT2D eigenvalue weighted by Gasteiger charge is -2.25. The van der Waals surface area contributed by atoms with Crippen LogP contribution in [0.4, 0.5) is 0 Å². The van der Waals surface area contributed by atoms with Gasteiger partial charge in [-0.05, 0) is 0 Å². The van der Waals surface area contributed by atoms with Crippen molar-refractivity contribution in [3.05, 3.63) is 12.1 Å². The fourth-order valence-corrected chi connectivity index (χ4v) is 2.13. The molecule has 1 atom stereocenters. The fourth-order valence-electron chi connectivity index (χ4n) is 2.13. The molecule has 0 N–H and O–H groups in total. The molecule has 1 saturated heterocycles. The van der Waals surface area contributed by atoms with Crippen LogP contribution in [0.1, 0.15) is 27.2 Å². The van der Waals surface area contributed by atoms with Crippen molar-refractivity contribution in [3.8, 4) is 11.8 Å². The summed E-state index contributed by atoms with van der Waals surface area (Å²) in [6.45, 7) is 7.11. The van der Waals surface area contributed by atoms with Crippen molar-refractivity contribution < 1.29 is 14.3 Å². The van der Waals surface area contributed by atoms with E-state index < -0.39 is 0 Å². The summed E-state index contributed by atoms with van der Waals surface area (Å²) in [5.74, 6) is 1.07. The largest absolute Gasteiger partial charge is 0.480 e. The maximum absolute atomic E-state index is 12.2. The average Bonchev–Trinajstić information content (AvgIpc) is 2.86. The summed E-state index contributed by atoms with van der Waals surface area (Å²) in [5.41, 5.74) is -0.352. The van der Waals surface area contributed by atoms with Gasteiger partial charge in [0.2, 0.25) is 17.7 Å². The van der Waals surface area contributed by atoms with Crippen LogP contribution in [0.5, 0.6) is 11.8 Å². The van der Waals surface area contributed by atoms with Gasteiger partial charge in [0.05, 0.1) is 13.7 Å². The van der Waals surface area contributed by atoms with Crippen molar-refractivity contribution in [1.29, 1.82) is 0 Å². The molecule has 1 aromatic rings. The van der Waals surface area contributed by atoms with Crippen molar-refractivity contribution in [2.75, 3.05) is 20.2 Å². The van der Waals surface area contributed by atoms with Gasteiger partial charge in [0, 0.05) is 30.5 Å². The molecule has 0 radical (unpaired) electrons. The minimum atomic E-state index is -0.352. The third-order valence-electron chi connectivity index (χ3n) is 3.19. The van der Waals surface area contributed by atoms with Gasteiger partial charge in [-0.1, -0.05) is 20.8 Å². The molecule has 2 rings (SSSR count). The molecular weight excluding hydrogens is 258 g/mol. The quantitative estimate of drug-likeness (QED) is 0.839. The van der Waals surface area contributed by atoms with Crippen molar-refractivity contribution >= 4 is 5.91 Å². The zero-order valence-corrected chi connectivity index (χ0v) is 12.4. The molecule has 1 aliphatic rings. The molecule has 0 aliphatic carbocycles. The van der Waals surface area contributed by atoms with E-state index in [-0.39, 0.29) is 17.4 Å². The molecule has 6 heteroatoms. The number of amides is 1. The first-order valence-electron chi connectivity index (χ1n) is 6.74. The Balaban J connectivity index is 1.91. The predicted octanol–water partition coefficient (Wildman–Crippen LogP) is 1.51. The smallest absolute Gasteiger partial charge is 0.233 e. The lowest BCUT2D eigenvalue weighted by Crippen LogP contribution is -2.38. The molecule has 1 aliphatic heterocycles. The molecule has 0 spiro atoms. The Hall–Kier alpha value is -1.85. The second-order valence-electron chi connectivity index (χ2n) is 5.94. The molecule has 0 bridgehead atoms. The Kier molecular flexibility index (Phi) is 4.11. The number of carbonyl (C=O) groups excluding carboxylic acids is 1. The van der Waals surface area contributed by atoms with Crippen LogP contribution >= 0.6 is 0 Å². The van der Waals surface area contributed by atoms with Gasteiger partial charge in [-0.3, -0.25) is 4.79 Å². The number of hydrogen-bond acceptors (Lipinski definition) is 5. The van der Waals surface area contributed by atoms with Crippen molar-refractivity contribution in [2.24, 2.45) is 5.41 Å². The van der Waals surface area contributed by atoms with Gasteiger partial charge in [0.25, 0.3) is 0 Å². The number of hydrogen-bond donors (Lipinski definition) is 0. The molecule has 6 nitrogen and oxygen atoms in total. The highest BCUT2D eigenvalue weighted by atomic mass is 16.5. The summed E-state index contributed by atoms with van der Waals surface area (Å²) in [6, 6.07) is 3.43. The predicted molar refractivity (Wildman–Crippen MR) is 73.7 cm³/mol. The molecule has 20 heavy (non-hydrogen) atoms. The van der Waals surface area contributed by atoms with Crippen LogP contribution in [-0.4, -0.2) is 47.3 Å².